The molecule has 2 bridgehead atoms. The minimum absolute atomic E-state index is 0.0784. The molecule has 2 aliphatic heterocycles. The van der Waals surface area contributed by atoms with Crippen LogP contribution in [0, 0.1) is 0 Å². The zero-order valence-electron chi connectivity index (χ0n) is 15.8. The topological polar surface area (TPSA) is 47.9 Å². The Hall–Kier alpha value is -0.883. The molecule has 5 heteroatoms. The van der Waals surface area contributed by atoms with E-state index in [0.29, 0.717) is 13.4 Å². The predicted octanol–water partition coefficient (Wildman–Crippen LogP) is 3.95. The van der Waals surface area contributed by atoms with Crippen LogP contribution >= 0.6 is 0 Å². The molecule has 0 aromatic heterocycles. The molecule has 0 atom stereocenters. The van der Waals surface area contributed by atoms with E-state index in [0.717, 1.165) is 44.1 Å². The average molecular weight is 365 g/mol. The van der Waals surface area contributed by atoms with E-state index < -0.39 is 8.07 Å². The molecule has 1 aromatic carbocycles. The van der Waals surface area contributed by atoms with Crippen molar-refractivity contribution in [2.24, 2.45) is 0 Å². The van der Waals surface area contributed by atoms with Crippen LogP contribution in [0.25, 0.3) is 0 Å². The third kappa shape index (κ3) is 4.45. The Labute approximate surface area is 152 Å². The lowest BCUT2D eigenvalue weighted by atomic mass is 9.63. The smallest absolute Gasteiger partial charge is 0.189 e. The average Bonchev–Trinajstić information content (AvgIpc) is 2.62. The van der Waals surface area contributed by atoms with Crippen molar-refractivity contribution in [3.8, 4) is 5.75 Å². The summed E-state index contributed by atoms with van der Waals surface area (Å²) in [5.41, 5.74) is 1.09. The Kier molecular flexibility index (Phi) is 5.59. The molecule has 0 amide bonds. The summed E-state index contributed by atoms with van der Waals surface area (Å²) < 4.78 is 17.5. The number of hydrogen-bond acceptors (Lipinski definition) is 4. The van der Waals surface area contributed by atoms with E-state index in [1.54, 1.807) is 0 Å². The first kappa shape index (κ1) is 18.9. The summed E-state index contributed by atoms with van der Waals surface area (Å²) in [5.74, 6) is 0.865. The van der Waals surface area contributed by atoms with E-state index in [4.69, 9.17) is 14.2 Å². The van der Waals surface area contributed by atoms with Gasteiger partial charge in [0.25, 0.3) is 0 Å². The van der Waals surface area contributed by atoms with Gasteiger partial charge in [0, 0.05) is 20.1 Å². The van der Waals surface area contributed by atoms with Crippen molar-refractivity contribution >= 4 is 8.07 Å². The van der Waals surface area contributed by atoms with E-state index in [-0.39, 0.29) is 17.6 Å². The highest BCUT2D eigenvalue weighted by Crippen LogP contribution is 2.50. The first-order valence-electron chi connectivity index (χ1n) is 9.43. The van der Waals surface area contributed by atoms with Gasteiger partial charge in [-0.2, -0.15) is 0 Å². The number of aliphatic hydroxyl groups excluding tert-OH is 1. The van der Waals surface area contributed by atoms with Crippen LogP contribution in [0.1, 0.15) is 31.2 Å². The molecule has 0 radical (unpaired) electrons. The van der Waals surface area contributed by atoms with E-state index in [1.165, 1.54) is 5.56 Å². The third-order valence-electron chi connectivity index (χ3n) is 5.81. The Bertz CT molecular complexity index is 557. The summed E-state index contributed by atoms with van der Waals surface area (Å²) in [6, 6.07) is 9.53. The molecule has 4 nitrogen and oxygen atoms in total. The Morgan fingerprint density at radius 1 is 1.16 bits per heavy atom. The summed E-state index contributed by atoms with van der Waals surface area (Å²) in [7, 11) is -1.05. The maximum atomic E-state index is 9.60. The molecule has 25 heavy (non-hydrogen) atoms. The summed E-state index contributed by atoms with van der Waals surface area (Å²) in [4.78, 5) is 0. The summed E-state index contributed by atoms with van der Waals surface area (Å²) in [5, 5.41) is 9.60. The summed E-state index contributed by atoms with van der Waals surface area (Å²) in [6.45, 7) is 8.97. The normalized spacial score (nSPS) is 29.0. The second-order valence-corrected chi connectivity index (χ2v) is 14.5. The van der Waals surface area contributed by atoms with Gasteiger partial charge in [0.15, 0.2) is 6.79 Å². The van der Waals surface area contributed by atoms with Gasteiger partial charge in [-0.05, 0) is 49.4 Å². The van der Waals surface area contributed by atoms with Crippen molar-refractivity contribution in [2.75, 3.05) is 26.6 Å². The predicted molar refractivity (Wildman–Crippen MR) is 102 cm³/mol. The fourth-order valence-electron chi connectivity index (χ4n) is 3.80. The molecule has 1 saturated carbocycles. The molecule has 0 unspecified atom stereocenters. The molecule has 2 heterocycles. The van der Waals surface area contributed by atoms with Crippen LogP contribution in [-0.2, 0) is 14.9 Å². The fraction of sp³-hybridized carbons (Fsp3) is 0.700. The second-order valence-electron chi connectivity index (χ2n) is 8.92. The fourth-order valence-corrected chi connectivity index (χ4v) is 4.56. The van der Waals surface area contributed by atoms with Crippen molar-refractivity contribution in [3.05, 3.63) is 29.8 Å². The standard InChI is InChI=1S/C20H32O4Si/c1-25(2,3)12-11-22-16-23-18-6-4-5-17(13-18)19-7-9-20(14-21,10-8-19)24-15-19/h4-6,13,21H,7-12,14-16H2,1-3H3. The molecular weight excluding hydrogens is 332 g/mol. The molecule has 1 aromatic rings. The maximum Gasteiger partial charge on any atom is 0.189 e. The minimum atomic E-state index is -1.05. The van der Waals surface area contributed by atoms with Crippen LogP contribution in [0.4, 0.5) is 0 Å². The van der Waals surface area contributed by atoms with Gasteiger partial charge in [-0.15, -0.1) is 0 Å². The second kappa shape index (κ2) is 7.39. The van der Waals surface area contributed by atoms with Crippen LogP contribution in [0.3, 0.4) is 0 Å². The van der Waals surface area contributed by atoms with Crippen LogP contribution in [0.15, 0.2) is 24.3 Å². The lowest BCUT2D eigenvalue weighted by molar-refractivity contribution is -0.175. The van der Waals surface area contributed by atoms with Crippen LogP contribution < -0.4 is 4.74 Å². The van der Waals surface area contributed by atoms with E-state index in [1.807, 2.05) is 6.07 Å². The van der Waals surface area contributed by atoms with Gasteiger partial charge >= 0.3 is 0 Å². The Morgan fingerprint density at radius 2 is 1.92 bits per heavy atom. The zero-order chi connectivity index (χ0) is 18.0. The highest BCUT2D eigenvalue weighted by molar-refractivity contribution is 6.76. The quantitative estimate of drug-likeness (QED) is 0.431. The number of ether oxygens (including phenoxy) is 3. The number of hydrogen-bond donors (Lipinski definition) is 1. The van der Waals surface area contributed by atoms with Crippen LogP contribution in [0.5, 0.6) is 5.75 Å². The monoisotopic (exact) mass is 364 g/mol. The van der Waals surface area contributed by atoms with Gasteiger partial charge in [0.2, 0.25) is 0 Å². The summed E-state index contributed by atoms with van der Waals surface area (Å²) in [6.07, 6.45) is 4.02. The molecule has 140 valence electrons. The van der Waals surface area contributed by atoms with Gasteiger partial charge in [-0.25, -0.2) is 0 Å². The molecule has 3 aliphatic rings. The summed E-state index contributed by atoms with van der Waals surface area (Å²) >= 11 is 0. The van der Waals surface area contributed by atoms with Gasteiger partial charge < -0.3 is 19.3 Å². The number of aliphatic hydroxyl groups is 1. The van der Waals surface area contributed by atoms with Gasteiger partial charge in [0.05, 0.1) is 18.8 Å². The maximum absolute atomic E-state index is 9.60. The van der Waals surface area contributed by atoms with Crippen molar-refractivity contribution in [2.45, 2.75) is 62.4 Å². The highest BCUT2D eigenvalue weighted by atomic mass is 28.3. The Morgan fingerprint density at radius 3 is 2.52 bits per heavy atom. The van der Waals surface area contributed by atoms with E-state index in [9.17, 15) is 5.11 Å². The van der Waals surface area contributed by atoms with Crippen LogP contribution in [-0.4, -0.2) is 45.4 Å². The van der Waals surface area contributed by atoms with Gasteiger partial charge in [0.1, 0.15) is 5.75 Å². The molecule has 3 fully saturated rings. The lowest BCUT2D eigenvalue weighted by Gasteiger charge is -2.52. The lowest BCUT2D eigenvalue weighted by Crippen LogP contribution is -2.55. The van der Waals surface area contributed by atoms with Crippen molar-refractivity contribution < 1.29 is 19.3 Å². The van der Waals surface area contributed by atoms with Crippen molar-refractivity contribution in [1.29, 1.82) is 0 Å². The SMILES string of the molecule is C[Si](C)(C)CCOCOc1cccc(C23CCC(CO)(CC2)OC3)c1. The number of fused-ring (bicyclic) bond motifs is 3. The van der Waals surface area contributed by atoms with Gasteiger partial charge in [-0.1, -0.05) is 31.8 Å². The molecule has 1 aliphatic carbocycles. The van der Waals surface area contributed by atoms with E-state index in [2.05, 4.69) is 37.8 Å². The van der Waals surface area contributed by atoms with Crippen molar-refractivity contribution in [3.63, 3.8) is 0 Å². The van der Waals surface area contributed by atoms with Gasteiger partial charge in [-0.3, -0.25) is 0 Å². The first-order chi connectivity index (χ1) is 11.9. The number of rotatable bonds is 8. The number of benzene rings is 1. The minimum Gasteiger partial charge on any atom is -0.468 e. The van der Waals surface area contributed by atoms with Crippen LogP contribution in [0.2, 0.25) is 25.7 Å². The molecular formula is C20H32O4Si. The molecule has 1 N–H and O–H groups in total. The first-order valence-corrected chi connectivity index (χ1v) is 13.1. The molecule has 4 rings (SSSR count). The zero-order valence-corrected chi connectivity index (χ0v) is 16.8. The highest BCUT2D eigenvalue weighted by Gasteiger charge is 2.50. The van der Waals surface area contributed by atoms with E-state index >= 15 is 0 Å². The molecule has 2 saturated heterocycles. The van der Waals surface area contributed by atoms with Crippen molar-refractivity contribution in [1.82, 2.24) is 0 Å². The third-order valence-corrected chi connectivity index (χ3v) is 7.52. The molecule has 0 spiro atoms. The largest absolute Gasteiger partial charge is 0.468 e. The Balaban J connectivity index is 1.55.